The average molecular weight is 396 g/mol. The Bertz CT molecular complexity index is 793. The molecule has 0 spiro atoms. The van der Waals surface area contributed by atoms with E-state index in [0.717, 1.165) is 43.0 Å². The summed E-state index contributed by atoms with van der Waals surface area (Å²) in [5.74, 6) is 2.68. The fraction of sp³-hybridized carbons (Fsp3) is 0.545. The Morgan fingerprint density at radius 2 is 2.07 bits per heavy atom. The molecule has 0 radical (unpaired) electrons. The summed E-state index contributed by atoms with van der Waals surface area (Å²) >= 11 is 0. The van der Waals surface area contributed by atoms with Crippen molar-refractivity contribution in [3.63, 3.8) is 0 Å². The number of rotatable bonds is 9. The van der Waals surface area contributed by atoms with Crippen LogP contribution in [0.4, 0.5) is 4.79 Å². The number of aromatic nitrogens is 4. The van der Waals surface area contributed by atoms with Crippen molar-refractivity contribution >= 4 is 6.09 Å². The summed E-state index contributed by atoms with van der Waals surface area (Å²) in [5, 5.41) is 17.0. The van der Waals surface area contributed by atoms with Crippen LogP contribution in [0.5, 0.6) is 0 Å². The van der Waals surface area contributed by atoms with Crippen molar-refractivity contribution in [2.75, 3.05) is 0 Å². The molecule has 29 heavy (non-hydrogen) atoms. The normalized spacial score (nSPS) is 25.5. The molecule has 2 saturated carbocycles. The first kappa shape index (κ1) is 19.6. The van der Waals surface area contributed by atoms with Gasteiger partial charge in [0.05, 0.1) is 0 Å². The SMILES string of the molecule is O=C(NC1C2CCC(C2)C1C/C=C/CCCc1nnn[nH]1)OCc1ccccc1. The third kappa shape index (κ3) is 5.22. The highest BCUT2D eigenvalue weighted by Gasteiger charge is 2.47. The first-order valence-corrected chi connectivity index (χ1v) is 10.6. The summed E-state index contributed by atoms with van der Waals surface area (Å²) in [4.78, 5) is 12.4. The number of aryl methyl sites for hydroxylation is 1. The topological polar surface area (TPSA) is 92.8 Å². The number of ether oxygens (including phenoxy) is 1. The van der Waals surface area contributed by atoms with Gasteiger partial charge in [-0.2, -0.15) is 0 Å². The number of unbranched alkanes of at least 4 members (excludes halogenated alkanes) is 1. The van der Waals surface area contributed by atoms with Crippen molar-refractivity contribution < 1.29 is 9.53 Å². The Morgan fingerprint density at radius 3 is 2.90 bits per heavy atom. The third-order valence-electron chi connectivity index (χ3n) is 6.33. The molecule has 4 unspecified atom stereocenters. The predicted octanol–water partition coefficient (Wildman–Crippen LogP) is 3.81. The number of benzene rings is 1. The molecule has 7 heteroatoms. The Hall–Kier alpha value is -2.70. The Morgan fingerprint density at radius 1 is 1.21 bits per heavy atom. The van der Waals surface area contributed by atoms with E-state index in [1.807, 2.05) is 30.3 Å². The van der Waals surface area contributed by atoms with Crippen LogP contribution in [0.25, 0.3) is 0 Å². The van der Waals surface area contributed by atoms with Gasteiger partial charge < -0.3 is 10.1 Å². The molecule has 1 heterocycles. The number of carbonyl (C=O) groups excluding carboxylic acids is 1. The molecule has 2 aliphatic rings. The van der Waals surface area contributed by atoms with Gasteiger partial charge in [0, 0.05) is 12.5 Å². The number of aromatic amines is 1. The molecule has 1 aromatic carbocycles. The van der Waals surface area contributed by atoms with Gasteiger partial charge in [-0.25, -0.2) is 9.89 Å². The number of fused-ring (bicyclic) bond motifs is 2. The smallest absolute Gasteiger partial charge is 0.407 e. The third-order valence-corrected chi connectivity index (χ3v) is 6.33. The average Bonchev–Trinajstić information content (AvgIpc) is 3.49. The maximum atomic E-state index is 12.4. The molecule has 0 saturated heterocycles. The van der Waals surface area contributed by atoms with Gasteiger partial charge in [-0.1, -0.05) is 42.5 Å². The molecule has 2 N–H and O–H groups in total. The van der Waals surface area contributed by atoms with E-state index in [1.54, 1.807) is 0 Å². The molecule has 2 fully saturated rings. The van der Waals surface area contributed by atoms with Crippen molar-refractivity contribution in [3.05, 3.63) is 53.9 Å². The maximum Gasteiger partial charge on any atom is 0.407 e. The number of nitrogens with one attached hydrogen (secondary N) is 2. The fourth-order valence-corrected chi connectivity index (χ4v) is 4.92. The number of allylic oxidation sites excluding steroid dienone is 2. The summed E-state index contributed by atoms with van der Waals surface area (Å²) in [5.41, 5.74) is 1.01. The molecule has 1 aromatic heterocycles. The van der Waals surface area contributed by atoms with Gasteiger partial charge in [-0.05, 0) is 72.3 Å². The zero-order valence-corrected chi connectivity index (χ0v) is 16.7. The Balaban J connectivity index is 1.22. The van der Waals surface area contributed by atoms with Crippen LogP contribution in [0, 0.1) is 17.8 Å². The number of hydrogen-bond donors (Lipinski definition) is 2. The number of tetrazole rings is 1. The summed E-state index contributed by atoms with van der Waals surface area (Å²) < 4.78 is 5.45. The van der Waals surface area contributed by atoms with Gasteiger partial charge in [0.2, 0.25) is 0 Å². The summed E-state index contributed by atoms with van der Waals surface area (Å²) in [7, 11) is 0. The minimum Gasteiger partial charge on any atom is -0.445 e. The van der Waals surface area contributed by atoms with Crippen LogP contribution in [0.15, 0.2) is 42.5 Å². The fourth-order valence-electron chi connectivity index (χ4n) is 4.92. The minimum absolute atomic E-state index is 0.238. The molecule has 2 aliphatic carbocycles. The highest BCUT2D eigenvalue weighted by Crippen LogP contribution is 2.49. The molecular formula is C22H29N5O2. The number of carbonyl (C=O) groups is 1. The van der Waals surface area contributed by atoms with Gasteiger partial charge >= 0.3 is 6.09 Å². The van der Waals surface area contributed by atoms with Gasteiger partial charge in [-0.3, -0.25) is 0 Å². The highest BCUT2D eigenvalue weighted by atomic mass is 16.5. The van der Waals surface area contributed by atoms with E-state index in [9.17, 15) is 4.79 Å². The molecule has 2 aromatic rings. The van der Waals surface area contributed by atoms with Crippen molar-refractivity contribution in [2.45, 2.75) is 57.6 Å². The number of alkyl carbamates (subject to hydrolysis) is 1. The second-order valence-corrected chi connectivity index (χ2v) is 8.18. The van der Waals surface area contributed by atoms with Crippen LogP contribution in [-0.2, 0) is 17.8 Å². The van der Waals surface area contributed by atoms with E-state index < -0.39 is 0 Å². The summed E-state index contributed by atoms with van der Waals surface area (Å²) in [6.07, 6.45) is 11.9. The lowest BCUT2D eigenvalue weighted by Gasteiger charge is -2.30. The number of nitrogens with zero attached hydrogens (tertiary/aromatic N) is 3. The van der Waals surface area contributed by atoms with Crippen LogP contribution in [0.2, 0.25) is 0 Å². The van der Waals surface area contributed by atoms with Crippen molar-refractivity contribution in [1.29, 1.82) is 0 Å². The van der Waals surface area contributed by atoms with Crippen molar-refractivity contribution in [2.24, 2.45) is 17.8 Å². The maximum absolute atomic E-state index is 12.4. The van der Waals surface area contributed by atoms with Crippen LogP contribution >= 0.6 is 0 Å². The zero-order chi connectivity index (χ0) is 19.9. The van der Waals surface area contributed by atoms with E-state index >= 15 is 0 Å². The van der Waals surface area contributed by atoms with E-state index in [-0.39, 0.29) is 12.1 Å². The zero-order valence-electron chi connectivity index (χ0n) is 16.7. The Kier molecular flexibility index (Phi) is 6.54. The first-order valence-electron chi connectivity index (χ1n) is 10.6. The molecule has 4 atom stereocenters. The number of amides is 1. The van der Waals surface area contributed by atoms with Crippen molar-refractivity contribution in [3.8, 4) is 0 Å². The van der Waals surface area contributed by atoms with E-state index in [2.05, 4.69) is 38.1 Å². The monoisotopic (exact) mass is 395 g/mol. The molecule has 1 amide bonds. The molecule has 154 valence electrons. The molecule has 7 nitrogen and oxygen atoms in total. The van der Waals surface area contributed by atoms with Crippen molar-refractivity contribution in [1.82, 2.24) is 25.9 Å². The lowest BCUT2D eigenvalue weighted by molar-refractivity contribution is 0.125. The van der Waals surface area contributed by atoms with E-state index in [1.165, 1.54) is 19.3 Å². The minimum atomic E-state index is -0.291. The van der Waals surface area contributed by atoms with Gasteiger partial charge in [0.25, 0.3) is 0 Å². The molecule has 0 aliphatic heterocycles. The largest absolute Gasteiger partial charge is 0.445 e. The van der Waals surface area contributed by atoms with Crippen LogP contribution < -0.4 is 5.32 Å². The quantitative estimate of drug-likeness (QED) is 0.497. The van der Waals surface area contributed by atoms with Crippen LogP contribution in [-0.4, -0.2) is 32.8 Å². The van der Waals surface area contributed by atoms with Crippen LogP contribution in [0.3, 0.4) is 0 Å². The predicted molar refractivity (Wildman–Crippen MR) is 109 cm³/mol. The lowest BCUT2D eigenvalue weighted by Crippen LogP contribution is -2.44. The lowest BCUT2D eigenvalue weighted by atomic mass is 9.82. The van der Waals surface area contributed by atoms with E-state index in [4.69, 9.17) is 4.74 Å². The number of hydrogen-bond acceptors (Lipinski definition) is 5. The van der Waals surface area contributed by atoms with Gasteiger partial charge in [-0.15, -0.1) is 5.10 Å². The second-order valence-electron chi connectivity index (χ2n) is 8.18. The Labute approximate surface area is 171 Å². The molecule has 2 bridgehead atoms. The highest BCUT2D eigenvalue weighted by molar-refractivity contribution is 5.67. The van der Waals surface area contributed by atoms with Gasteiger partial charge in [0.15, 0.2) is 0 Å². The number of H-pyrrole nitrogens is 1. The molecule has 4 rings (SSSR count). The summed E-state index contributed by atoms with van der Waals surface area (Å²) in [6, 6.07) is 10.0. The van der Waals surface area contributed by atoms with E-state index in [0.29, 0.717) is 18.4 Å². The standard InChI is InChI=1S/C22H29N5O2/c28-22(29-15-16-8-4-3-5-9-16)23-21-18-13-12-17(14-18)19(21)10-6-1-2-7-11-20-24-26-27-25-20/h1,3-6,8-9,17-19,21H,2,7,10-15H2,(H,23,28)(H,24,25,26,27)/b6-1+. The summed E-state index contributed by atoms with van der Waals surface area (Å²) in [6.45, 7) is 0.318. The first-order chi connectivity index (χ1) is 14.3. The molecular weight excluding hydrogens is 366 g/mol. The van der Waals surface area contributed by atoms with Crippen LogP contribution in [0.1, 0.15) is 49.9 Å². The van der Waals surface area contributed by atoms with Gasteiger partial charge in [0.1, 0.15) is 12.4 Å². The second kappa shape index (κ2) is 9.67.